The highest BCUT2D eigenvalue weighted by atomic mass is 127. The smallest absolute Gasteiger partial charge is 0.239 e. The highest BCUT2D eigenvalue weighted by Gasteiger charge is 2.30. The Kier molecular flexibility index (Phi) is 11.1. The van der Waals surface area contributed by atoms with Crippen molar-refractivity contribution >= 4 is 47.2 Å². The van der Waals surface area contributed by atoms with Gasteiger partial charge >= 0.3 is 0 Å². The Balaban J connectivity index is 0.00000338. The lowest BCUT2D eigenvalue weighted by Gasteiger charge is -2.26. The second kappa shape index (κ2) is 12.5. The monoisotopic (exact) mass is 493 g/mol. The van der Waals surface area contributed by atoms with Gasteiger partial charge in [0.25, 0.3) is 0 Å². The zero-order chi connectivity index (χ0) is 18.1. The summed E-state index contributed by atoms with van der Waals surface area (Å²) in [5.74, 6) is 1.09. The molecular formula is C18H32IN5OS. The maximum atomic E-state index is 12.2. The minimum absolute atomic E-state index is 0. The van der Waals surface area contributed by atoms with E-state index in [1.807, 2.05) is 14.1 Å². The molecule has 1 aromatic rings. The van der Waals surface area contributed by atoms with Crippen LogP contribution in [-0.4, -0.2) is 68.0 Å². The molecule has 0 spiro atoms. The largest absolute Gasteiger partial charge is 0.357 e. The molecule has 1 fully saturated rings. The molecule has 148 valence electrons. The van der Waals surface area contributed by atoms with Crippen molar-refractivity contribution in [3.63, 3.8) is 0 Å². The van der Waals surface area contributed by atoms with Gasteiger partial charge in [-0.2, -0.15) is 11.3 Å². The summed E-state index contributed by atoms with van der Waals surface area (Å²) in [5.41, 5.74) is 1.24. The van der Waals surface area contributed by atoms with Crippen LogP contribution in [0.4, 0.5) is 0 Å². The summed E-state index contributed by atoms with van der Waals surface area (Å²) in [5, 5.41) is 10.9. The highest BCUT2D eigenvalue weighted by molar-refractivity contribution is 14.0. The van der Waals surface area contributed by atoms with Crippen LogP contribution in [0.2, 0.25) is 0 Å². The first-order valence-electron chi connectivity index (χ1n) is 9.10. The number of halogens is 1. The molecule has 26 heavy (non-hydrogen) atoms. The predicted octanol–water partition coefficient (Wildman–Crippen LogP) is 2.36. The molecule has 1 aromatic heterocycles. The predicted molar refractivity (Wildman–Crippen MR) is 120 cm³/mol. The molecule has 1 saturated heterocycles. The lowest BCUT2D eigenvalue weighted by Crippen LogP contribution is -2.44. The second-order valence-electron chi connectivity index (χ2n) is 6.53. The molecule has 2 heterocycles. The number of rotatable bonds is 8. The number of likely N-dealkylation sites (N-methyl/N-ethyl adjacent to an activating group) is 1. The van der Waals surface area contributed by atoms with Crippen molar-refractivity contribution < 1.29 is 4.79 Å². The fourth-order valence-corrected chi connectivity index (χ4v) is 3.71. The molecule has 1 amide bonds. The van der Waals surface area contributed by atoms with Gasteiger partial charge in [0.15, 0.2) is 5.96 Å². The van der Waals surface area contributed by atoms with Gasteiger partial charge in [-0.15, -0.1) is 24.0 Å². The number of amides is 1. The molecule has 2 rings (SSSR count). The van der Waals surface area contributed by atoms with E-state index in [0.29, 0.717) is 6.54 Å². The Morgan fingerprint density at radius 3 is 2.88 bits per heavy atom. The highest BCUT2D eigenvalue weighted by Crippen LogP contribution is 2.18. The van der Waals surface area contributed by atoms with Gasteiger partial charge in [0.1, 0.15) is 0 Å². The Morgan fingerprint density at radius 2 is 2.23 bits per heavy atom. The molecule has 1 aliphatic rings. The van der Waals surface area contributed by atoms with E-state index in [9.17, 15) is 4.79 Å². The van der Waals surface area contributed by atoms with Crippen LogP contribution in [0, 0.1) is 0 Å². The van der Waals surface area contributed by atoms with Crippen molar-refractivity contribution in [1.82, 2.24) is 20.4 Å². The first kappa shape index (κ1) is 23.2. The first-order chi connectivity index (χ1) is 12.1. The lowest BCUT2D eigenvalue weighted by molar-refractivity contribution is -0.133. The Morgan fingerprint density at radius 1 is 1.42 bits per heavy atom. The molecule has 2 N–H and O–H groups in total. The molecule has 6 nitrogen and oxygen atoms in total. The molecule has 8 heteroatoms. The van der Waals surface area contributed by atoms with E-state index < -0.39 is 0 Å². The van der Waals surface area contributed by atoms with Crippen LogP contribution in [0.3, 0.4) is 0 Å². The summed E-state index contributed by atoms with van der Waals surface area (Å²) < 4.78 is 0. The van der Waals surface area contributed by atoms with Gasteiger partial charge in [-0.1, -0.05) is 0 Å². The summed E-state index contributed by atoms with van der Waals surface area (Å²) >= 11 is 1.70. The fourth-order valence-electron chi connectivity index (χ4n) is 3.06. The second-order valence-corrected chi connectivity index (χ2v) is 7.31. The molecular weight excluding hydrogens is 461 g/mol. The maximum absolute atomic E-state index is 12.2. The van der Waals surface area contributed by atoms with Crippen molar-refractivity contribution in [3.05, 3.63) is 22.4 Å². The summed E-state index contributed by atoms with van der Waals surface area (Å²) in [6.07, 6.45) is 3.09. The van der Waals surface area contributed by atoms with E-state index in [1.54, 1.807) is 16.2 Å². The molecule has 0 bridgehead atoms. The number of likely N-dealkylation sites (tertiary alicyclic amines) is 1. The average molecular weight is 493 g/mol. The van der Waals surface area contributed by atoms with Gasteiger partial charge in [-0.05, 0) is 55.1 Å². The van der Waals surface area contributed by atoms with E-state index in [0.717, 1.165) is 51.4 Å². The summed E-state index contributed by atoms with van der Waals surface area (Å²) in [6, 6.07) is 2.17. The zero-order valence-corrected chi connectivity index (χ0v) is 19.2. The van der Waals surface area contributed by atoms with Gasteiger partial charge < -0.3 is 15.5 Å². The third kappa shape index (κ3) is 7.40. The topological polar surface area (TPSA) is 60.0 Å². The average Bonchev–Trinajstić information content (AvgIpc) is 3.27. The number of carbonyl (C=O) groups excluding carboxylic acids is 1. The number of thiophene rings is 1. The lowest BCUT2D eigenvalue weighted by atomic mass is 10.2. The number of nitrogens with zero attached hydrogens (tertiary/aromatic N) is 3. The number of hydrogen-bond acceptors (Lipinski definition) is 4. The molecule has 0 aromatic carbocycles. The van der Waals surface area contributed by atoms with Crippen LogP contribution in [-0.2, 0) is 11.3 Å². The third-order valence-corrected chi connectivity index (χ3v) is 5.08. The fraction of sp³-hybridized carbons (Fsp3) is 0.667. The summed E-state index contributed by atoms with van der Waals surface area (Å²) in [7, 11) is 3.68. The molecule has 1 atom stereocenters. The molecule has 1 unspecified atom stereocenters. The standard InChI is InChI=1S/C18H31N5OS.HI/c1-4-19-18(21-13-15-8-12-25-14-15)20-9-6-11-23-10-5-7-16(23)17(24)22(2)3;/h8,12,14,16H,4-7,9-11,13H2,1-3H3,(H2,19,20,21);1H. The van der Waals surface area contributed by atoms with Crippen molar-refractivity contribution in [2.75, 3.05) is 40.3 Å². The normalized spacial score (nSPS) is 17.7. The maximum Gasteiger partial charge on any atom is 0.239 e. The van der Waals surface area contributed by atoms with Gasteiger partial charge in [0.2, 0.25) is 5.91 Å². The van der Waals surface area contributed by atoms with Gasteiger partial charge in [0, 0.05) is 33.7 Å². The first-order valence-corrected chi connectivity index (χ1v) is 10.0. The summed E-state index contributed by atoms with van der Waals surface area (Å²) in [6.45, 7) is 6.45. The van der Waals surface area contributed by atoms with E-state index in [4.69, 9.17) is 0 Å². The van der Waals surface area contributed by atoms with E-state index >= 15 is 0 Å². The van der Waals surface area contributed by atoms with Gasteiger partial charge in [-0.25, -0.2) is 4.99 Å². The number of guanidine groups is 1. The van der Waals surface area contributed by atoms with Crippen LogP contribution in [0.25, 0.3) is 0 Å². The minimum Gasteiger partial charge on any atom is -0.357 e. The minimum atomic E-state index is 0. The SMILES string of the molecule is CCNC(=NCc1ccsc1)NCCCN1CCCC1C(=O)N(C)C.I. The number of aliphatic imine (C=N–C) groups is 1. The van der Waals surface area contributed by atoms with Crippen LogP contribution >= 0.6 is 35.3 Å². The van der Waals surface area contributed by atoms with Gasteiger partial charge in [0.05, 0.1) is 12.6 Å². The van der Waals surface area contributed by atoms with Crippen LogP contribution in [0.15, 0.2) is 21.8 Å². The Bertz CT molecular complexity index is 550. The Labute approximate surface area is 178 Å². The van der Waals surface area contributed by atoms with Crippen LogP contribution in [0.1, 0.15) is 31.7 Å². The van der Waals surface area contributed by atoms with Crippen LogP contribution in [0.5, 0.6) is 0 Å². The number of carbonyl (C=O) groups is 1. The van der Waals surface area contributed by atoms with Crippen molar-refractivity contribution in [1.29, 1.82) is 0 Å². The van der Waals surface area contributed by atoms with Gasteiger partial charge in [-0.3, -0.25) is 9.69 Å². The van der Waals surface area contributed by atoms with Crippen molar-refractivity contribution in [2.45, 2.75) is 38.8 Å². The molecule has 0 radical (unpaired) electrons. The quantitative estimate of drug-likeness (QED) is 0.253. The number of nitrogens with one attached hydrogen (secondary N) is 2. The zero-order valence-electron chi connectivity index (χ0n) is 16.0. The molecule has 1 aliphatic heterocycles. The van der Waals surface area contributed by atoms with E-state index in [2.05, 4.69) is 44.3 Å². The Hall–Kier alpha value is -0.870. The van der Waals surface area contributed by atoms with E-state index in [1.165, 1.54) is 5.56 Å². The molecule has 0 saturated carbocycles. The van der Waals surface area contributed by atoms with Crippen molar-refractivity contribution in [2.24, 2.45) is 4.99 Å². The van der Waals surface area contributed by atoms with E-state index in [-0.39, 0.29) is 35.9 Å². The van der Waals surface area contributed by atoms with Crippen molar-refractivity contribution in [3.8, 4) is 0 Å². The third-order valence-electron chi connectivity index (χ3n) is 4.35. The van der Waals surface area contributed by atoms with Crippen LogP contribution < -0.4 is 10.6 Å². The molecule has 0 aliphatic carbocycles. The summed E-state index contributed by atoms with van der Waals surface area (Å²) in [4.78, 5) is 20.9. The number of hydrogen-bond donors (Lipinski definition) is 2.